The first-order valence-electron chi connectivity index (χ1n) is 18.5. The van der Waals surface area contributed by atoms with Crippen molar-refractivity contribution >= 4 is 40.5 Å². The van der Waals surface area contributed by atoms with Gasteiger partial charge in [0.2, 0.25) is 11.8 Å². The number of ether oxygens (including phenoxy) is 4. The molecule has 0 aromatic heterocycles. The number of piperidine rings is 1. The summed E-state index contributed by atoms with van der Waals surface area (Å²) in [6.45, 7) is 5.21. The van der Waals surface area contributed by atoms with Crippen molar-refractivity contribution in [1.29, 1.82) is 0 Å². The lowest BCUT2D eigenvalue weighted by Gasteiger charge is -2.27. The predicted octanol–water partition coefficient (Wildman–Crippen LogP) is 5.70. The number of allylic oxidation sites excluding steroid dienone is 1. The molecule has 0 spiro atoms. The molecule has 286 valence electrons. The normalized spacial score (nSPS) is 15.8. The van der Waals surface area contributed by atoms with E-state index in [1.54, 1.807) is 30.3 Å². The highest BCUT2D eigenvalue weighted by Gasteiger charge is 2.45. The molecule has 2 aliphatic rings. The Morgan fingerprint density at radius 3 is 2.02 bits per heavy atom. The zero-order valence-electron chi connectivity index (χ0n) is 30.8. The van der Waals surface area contributed by atoms with Crippen molar-refractivity contribution in [3.8, 4) is 11.5 Å². The number of carbonyl (C=O) groups is 4. The Balaban J connectivity index is 0.861. The summed E-state index contributed by atoms with van der Waals surface area (Å²) in [6, 6.07) is 29.6. The molecule has 0 bridgehead atoms. The summed E-state index contributed by atoms with van der Waals surface area (Å²) in [7, 11) is 0. The molecule has 4 amide bonds. The predicted molar refractivity (Wildman–Crippen MR) is 207 cm³/mol. The largest absolute Gasteiger partial charge is 0.508 e. The van der Waals surface area contributed by atoms with Crippen LogP contribution in [0.15, 0.2) is 97.1 Å². The van der Waals surface area contributed by atoms with Crippen LogP contribution in [-0.2, 0) is 23.8 Å². The average Bonchev–Trinajstić information content (AvgIpc) is 3.45. The number of rotatable bonds is 19. The van der Waals surface area contributed by atoms with Gasteiger partial charge in [0.15, 0.2) is 0 Å². The van der Waals surface area contributed by atoms with Gasteiger partial charge >= 0.3 is 0 Å². The van der Waals surface area contributed by atoms with Gasteiger partial charge in [-0.3, -0.25) is 29.4 Å². The molecule has 6 rings (SSSR count). The highest BCUT2D eigenvalue weighted by Crippen LogP contribution is 2.36. The Hall–Kier alpha value is -5.82. The van der Waals surface area contributed by atoms with Crippen molar-refractivity contribution in [1.82, 2.24) is 10.2 Å². The minimum absolute atomic E-state index is 0.0642. The molecule has 1 atom stereocenters. The van der Waals surface area contributed by atoms with Crippen molar-refractivity contribution in [2.45, 2.75) is 32.2 Å². The standard InChI is InChI=1S/C43H45N3O9/c1-2-34(29-7-4-3-5-8-29)39(30-11-15-32(47)16-12-30)31-13-17-33(18-14-31)55-28-27-54-26-25-53-24-23-52-22-21-44-36-10-6-9-35-40(36)43(51)46(42(35)50)37-19-20-38(48)45-41(37)49/h3-18,37,44,47H,2,19-28H2,1H3,(H,45,48,49)/b39-34-. The summed E-state index contributed by atoms with van der Waals surface area (Å²) in [6.07, 6.45) is 1.01. The Morgan fingerprint density at radius 1 is 0.727 bits per heavy atom. The van der Waals surface area contributed by atoms with Crippen LogP contribution in [0, 0.1) is 0 Å². The van der Waals surface area contributed by atoms with E-state index in [1.165, 1.54) is 5.57 Å². The number of imide groups is 2. The van der Waals surface area contributed by atoms with E-state index >= 15 is 0 Å². The van der Waals surface area contributed by atoms with Crippen molar-refractivity contribution < 1.29 is 43.2 Å². The maximum absolute atomic E-state index is 13.2. The van der Waals surface area contributed by atoms with E-state index in [2.05, 4.69) is 41.8 Å². The molecule has 55 heavy (non-hydrogen) atoms. The molecule has 2 aliphatic heterocycles. The maximum Gasteiger partial charge on any atom is 0.264 e. The third-order valence-corrected chi connectivity index (χ3v) is 9.35. The molecule has 1 fully saturated rings. The van der Waals surface area contributed by atoms with E-state index in [0.717, 1.165) is 39.3 Å². The number of fused-ring (bicyclic) bond motifs is 1. The number of benzene rings is 4. The van der Waals surface area contributed by atoms with Crippen molar-refractivity contribution in [2.24, 2.45) is 0 Å². The lowest BCUT2D eigenvalue weighted by molar-refractivity contribution is -0.136. The minimum atomic E-state index is -1.01. The average molecular weight is 748 g/mol. The number of nitrogens with zero attached hydrogens (tertiary/aromatic N) is 1. The second-order valence-corrected chi connectivity index (χ2v) is 12.9. The molecular formula is C43H45N3O9. The van der Waals surface area contributed by atoms with E-state index in [0.29, 0.717) is 58.5 Å². The second kappa shape index (κ2) is 19.0. The van der Waals surface area contributed by atoms with Crippen LogP contribution < -0.4 is 15.4 Å². The van der Waals surface area contributed by atoms with Crippen LogP contribution in [0.1, 0.15) is 63.6 Å². The third-order valence-electron chi connectivity index (χ3n) is 9.35. The molecule has 4 aromatic rings. The molecule has 1 saturated heterocycles. The monoisotopic (exact) mass is 747 g/mol. The smallest absolute Gasteiger partial charge is 0.264 e. The van der Waals surface area contributed by atoms with Gasteiger partial charge in [0.25, 0.3) is 11.8 Å². The van der Waals surface area contributed by atoms with Crippen LogP contribution in [0.25, 0.3) is 11.1 Å². The molecule has 3 N–H and O–H groups in total. The van der Waals surface area contributed by atoms with Crippen molar-refractivity contribution in [3.63, 3.8) is 0 Å². The SMILES string of the molecule is CC/C(=C(\c1ccc(O)cc1)c1ccc(OCCOCCOCCOCCNc2cccc3c2C(=O)N(C2CCC(=O)NC2=O)C3=O)cc1)c1ccccc1. The first-order chi connectivity index (χ1) is 26.9. The number of aromatic hydroxyl groups is 1. The quantitative estimate of drug-likeness (QED) is 0.0619. The molecule has 12 nitrogen and oxygen atoms in total. The molecule has 0 saturated carbocycles. The summed E-state index contributed by atoms with van der Waals surface area (Å²) in [4.78, 5) is 51.1. The molecule has 1 unspecified atom stereocenters. The number of hydrogen-bond acceptors (Lipinski definition) is 10. The highest BCUT2D eigenvalue weighted by atomic mass is 16.6. The van der Waals surface area contributed by atoms with E-state index in [9.17, 15) is 24.3 Å². The van der Waals surface area contributed by atoms with Crippen LogP contribution >= 0.6 is 0 Å². The summed E-state index contributed by atoms with van der Waals surface area (Å²) in [5, 5.41) is 15.2. The van der Waals surface area contributed by atoms with E-state index in [-0.39, 0.29) is 29.7 Å². The van der Waals surface area contributed by atoms with Crippen molar-refractivity contribution in [2.75, 3.05) is 58.1 Å². The topological polar surface area (TPSA) is 153 Å². The Labute approximate surface area is 320 Å². The van der Waals surface area contributed by atoms with E-state index in [4.69, 9.17) is 18.9 Å². The summed E-state index contributed by atoms with van der Waals surface area (Å²) >= 11 is 0. The maximum atomic E-state index is 13.2. The molecule has 2 heterocycles. The van der Waals surface area contributed by atoms with E-state index in [1.807, 2.05) is 42.5 Å². The number of phenols is 1. The highest BCUT2D eigenvalue weighted by molar-refractivity contribution is 6.25. The number of nitrogens with one attached hydrogen (secondary N) is 2. The summed E-state index contributed by atoms with van der Waals surface area (Å²) < 4.78 is 22.8. The fraction of sp³-hybridized carbons (Fsp3) is 0.302. The lowest BCUT2D eigenvalue weighted by Crippen LogP contribution is -2.54. The van der Waals surface area contributed by atoms with Gasteiger partial charge in [0.1, 0.15) is 24.1 Å². The summed E-state index contributed by atoms with van der Waals surface area (Å²) in [5.74, 6) is -1.20. The van der Waals surface area contributed by atoms with Crippen LogP contribution in [0.3, 0.4) is 0 Å². The van der Waals surface area contributed by atoms with Crippen molar-refractivity contribution in [3.05, 3.63) is 125 Å². The van der Waals surface area contributed by atoms with Gasteiger partial charge in [-0.25, -0.2) is 0 Å². The van der Waals surface area contributed by atoms with Crippen LogP contribution in [0.4, 0.5) is 5.69 Å². The number of carbonyl (C=O) groups excluding carboxylic acids is 4. The lowest BCUT2D eigenvalue weighted by atomic mass is 9.88. The molecule has 0 aliphatic carbocycles. The van der Waals surface area contributed by atoms with Gasteiger partial charge in [0, 0.05) is 18.7 Å². The van der Waals surface area contributed by atoms with Crippen LogP contribution in [-0.4, -0.2) is 92.5 Å². The summed E-state index contributed by atoms with van der Waals surface area (Å²) in [5.41, 5.74) is 6.47. The molecule has 0 radical (unpaired) electrons. The Morgan fingerprint density at radius 2 is 1.36 bits per heavy atom. The van der Waals surface area contributed by atoms with Gasteiger partial charge in [-0.2, -0.15) is 0 Å². The van der Waals surface area contributed by atoms with Crippen LogP contribution in [0.5, 0.6) is 11.5 Å². The fourth-order valence-electron chi connectivity index (χ4n) is 6.71. The van der Waals surface area contributed by atoms with Gasteiger partial charge in [-0.05, 0) is 77.1 Å². The number of hydrogen-bond donors (Lipinski definition) is 3. The number of phenolic OH excluding ortho intramolecular Hbond substituents is 1. The molecule has 4 aromatic carbocycles. The first kappa shape index (κ1) is 38.9. The van der Waals surface area contributed by atoms with Gasteiger partial charge < -0.3 is 29.4 Å². The second-order valence-electron chi connectivity index (χ2n) is 12.9. The number of anilines is 1. The van der Waals surface area contributed by atoms with Gasteiger partial charge in [0.05, 0.1) is 50.8 Å². The van der Waals surface area contributed by atoms with Gasteiger partial charge in [-0.15, -0.1) is 0 Å². The fourth-order valence-corrected chi connectivity index (χ4v) is 6.71. The molecule has 12 heteroatoms. The Kier molecular flexibility index (Phi) is 13.4. The zero-order valence-corrected chi connectivity index (χ0v) is 30.8. The Bertz CT molecular complexity index is 2000. The number of amides is 4. The first-order valence-corrected chi connectivity index (χ1v) is 18.5. The third kappa shape index (κ3) is 9.65. The van der Waals surface area contributed by atoms with E-state index < -0.39 is 29.7 Å². The zero-order chi connectivity index (χ0) is 38.6. The van der Waals surface area contributed by atoms with Crippen LogP contribution in [0.2, 0.25) is 0 Å². The van der Waals surface area contributed by atoms with Gasteiger partial charge in [-0.1, -0.05) is 67.6 Å². The molecular weight excluding hydrogens is 702 g/mol. The minimum Gasteiger partial charge on any atom is -0.508 e.